The summed E-state index contributed by atoms with van der Waals surface area (Å²) in [7, 11) is 0. The van der Waals surface area contributed by atoms with Crippen molar-refractivity contribution in [3.05, 3.63) is 0 Å². The van der Waals surface area contributed by atoms with E-state index in [-0.39, 0.29) is 7.47 Å². The number of nitrogens with two attached hydrogens (primary N) is 2. The zero-order valence-electron chi connectivity index (χ0n) is 11.9. The molecule has 0 saturated heterocycles. The van der Waals surface area contributed by atoms with E-state index in [1.807, 2.05) is 13.8 Å². The van der Waals surface area contributed by atoms with Gasteiger partial charge in [-0.05, 0) is 34.6 Å². The van der Waals surface area contributed by atoms with E-state index in [2.05, 4.69) is 10.4 Å². The van der Waals surface area contributed by atoms with E-state index in [1.54, 1.807) is 20.8 Å². The molecule has 0 heterocycles. The number of ether oxygens (including phenoxy) is 1. The highest BCUT2D eigenvalue weighted by molar-refractivity contribution is 5.80. The summed E-state index contributed by atoms with van der Waals surface area (Å²) < 4.78 is 5.07. The summed E-state index contributed by atoms with van der Waals surface area (Å²) in [5.74, 6) is 5.95. The van der Waals surface area contributed by atoms with Gasteiger partial charge in [-0.2, -0.15) is 0 Å². The van der Waals surface area contributed by atoms with Gasteiger partial charge < -0.3 is 15.8 Å². The minimum Gasteiger partial charge on any atom is -0.444 e. The van der Waals surface area contributed by atoms with Crippen LogP contribution >= 0.6 is 0 Å². The van der Waals surface area contributed by atoms with Crippen molar-refractivity contribution in [2.24, 2.45) is 16.7 Å². The minimum absolute atomic E-state index is 0. The van der Waals surface area contributed by atoms with Crippen LogP contribution in [0.2, 0.25) is 0 Å². The first kappa shape index (κ1) is 16.5. The van der Waals surface area contributed by atoms with Crippen LogP contribution in [0.1, 0.15) is 42.5 Å². The summed E-state index contributed by atoms with van der Waals surface area (Å²) >= 11 is 0. The second kappa shape index (κ2) is 7.05. The molecule has 1 amide bonds. The maximum Gasteiger partial charge on any atom is 0.407 e. The van der Waals surface area contributed by atoms with Crippen LogP contribution in [0.3, 0.4) is 0 Å². The standard InChI is InChI=1S/C11H25N5O2.H2/c1-8(2)16(13)15-9(12)6-7-14-10(17)18-11(3,4)5;/h8H,6-7,13H2,1-5H3,(H2,12,15)(H,14,17);1H. The van der Waals surface area contributed by atoms with Crippen LogP contribution in [0.4, 0.5) is 4.79 Å². The Hall–Kier alpha value is -1.50. The molecule has 0 aliphatic heterocycles. The van der Waals surface area contributed by atoms with Crippen LogP contribution in [-0.2, 0) is 4.74 Å². The predicted octanol–water partition coefficient (Wildman–Crippen LogP) is 1.00. The van der Waals surface area contributed by atoms with Crippen molar-refractivity contribution >= 4 is 11.9 Å². The quantitative estimate of drug-likeness (QED) is 0.296. The van der Waals surface area contributed by atoms with E-state index in [0.717, 1.165) is 0 Å². The van der Waals surface area contributed by atoms with Gasteiger partial charge in [0.25, 0.3) is 0 Å². The summed E-state index contributed by atoms with van der Waals surface area (Å²) in [6.45, 7) is 9.56. The molecule has 108 valence electrons. The zero-order chi connectivity index (χ0) is 14.3. The summed E-state index contributed by atoms with van der Waals surface area (Å²) in [6, 6.07) is 0.0716. The number of alkyl carbamates (subject to hydrolysis) is 1. The molecule has 0 aliphatic rings. The Labute approximate surface area is 110 Å². The van der Waals surface area contributed by atoms with Crippen LogP contribution in [0.15, 0.2) is 5.10 Å². The van der Waals surface area contributed by atoms with E-state index in [4.69, 9.17) is 16.3 Å². The van der Waals surface area contributed by atoms with Crippen LogP contribution in [-0.4, -0.2) is 35.2 Å². The first-order valence-corrected chi connectivity index (χ1v) is 5.95. The van der Waals surface area contributed by atoms with Crippen molar-refractivity contribution in [1.29, 1.82) is 0 Å². The number of carbonyl (C=O) groups is 1. The average molecular weight is 261 g/mol. The zero-order valence-corrected chi connectivity index (χ0v) is 11.9. The SMILES string of the molecule is CC(C)N(N)/N=C(\N)CCNC(=O)OC(C)(C)C.[HH]. The molecule has 0 fully saturated rings. The van der Waals surface area contributed by atoms with Crippen molar-refractivity contribution in [3.63, 3.8) is 0 Å². The largest absolute Gasteiger partial charge is 0.444 e. The third kappa shape index (κ3) is 8.63. The van der Waals surface area contributed by atoms with Crippen molar-refractivity contribution in [2.45, 2.75) is 52.7 Å². The molecule has 0 aromatic rings. The second-order valence-electron chi connectivity index (χ2n) is 5.24. The van der Waals surface area contributed by atoms with E-state index >= 15 is 0 Å². The monoisotopic (exact) mass is 261 g/mol. The van der Waals surface area contributed by atoms with Gasteiger partial charge in [-0.25, -0.2) is 15.8 Å². The molecule has 0 aromatic carbocycles. The van der Waals surface area contributed by atoms with Gasteiger partial charge in [-0.3, -0.25) is 0 Å². The molecule has 0 saturated carbocycles. The fourth-order valence-electron chi connectivity index (χ4n) is 0.921. The summed E-state index contributed by atoms with van der Waals surface area (Å²) in [5, 5.41) is 7.83. The number of nitrogens with zero attached hydrogens (tertiary/aromatic N) is 2. The molecule has 0 bridgehead atoms. The second-order valence-corrected chi connectivity index (χ2v) is 5.24. The Morgan fingerprint density at radius 1 is 1.50 bits per heavy atom. The van der Waals surface area contributed by atoms with Crippen molar-refractivity contribution in [1.82, 2.24) is 10.4 Å². The highest BCUT2D eigenvalue weighted by Gasteiger charge is 2.15. The van der Waals surface area contributed by atoms with Crippen molar-refractivity contribution < 1.29 is 11.0 Å². The number of carbonyl (C=O) groups excluding carboxylic acids is 1. The molecule has 0 radical (unpaired) electrons. The van der Waals surface area contributed by atoms with E-state index in [1.165, 1.54) is 5.12 Å². The smallest absolute Gasteiger partial charge is 0.407 e. The lowest BCUT2D eigenvalue weighted by Crippen LogP contribution is -2.37. The number of hydrogen-bond acceptors (Lipinski definition) is 5. The molecule has 0 spiro atoms. The number of hydrazone groups is 1. The van der Waals surface area contributed by atoms with Gasteiger partial charge in [0, 0.05) is 14.4 Å². The van der Waals surface area contributed by atoms with E-state index in [0.29, 0.717) is 18.8 Å². The Morgan fingerprint density at radius 3 is 2.50 bits per heavy atom. The van der Waals surface area contributed by atoms with E-state index in [9.17, 15) is 4.79 Å². The Morgan fingerprint density at radius 2 is 2.06 bits per heavy atom. The Bertz CT molecular complexity index is 302. The molecule has 7 nitrogen and oxygen atoms in total. The van der Waals surface area contributed by atoms with Crippen LogP contribution in [0, 0.1) is 0 Å². The summed E-state index contributed by atoms with van der Waals surface area (Å²) in [6.07, 6.45) is -0.0524. The van der Waals surface area contributed by atoms with E-state index < -0.39 is 11.7 Å². The molecule has 18 heavy (non-hydrogen) atoms. The fraction of sp³-hybridized carbons (Fsp3) is 0.818. The van der Waals surface area contributed by atoms with Gasteiger partial charge >= 0.3 is 6.09 Å². The molecular formula is C11H27N5O2. The van der Waals surface area contributed by atoms with Gasteiger partial charge in [0.1, 0.15) is 11.4 Å². The van der Waals surface area contributed by atoms with Crippen LogP contribution in [0.25, 0.3) is 0 Å². The number of hydrazine groups is 1. The molecule has 0 rings (SSSR count). The number of rotatable bonds is 5. The van der Waals surface area contributed by atoms with Crippen LogP contribution in [0.5, 0.6) is 0 Å². The van der Waals surface area contributed by atoms with Gasteiger partial charge in [0.2, 0.25) is 0 Å². The highest BCUT2D eigenvalue weighted by Crippen LogP contribution is 2.06. The van der Waals surface area contributed by atoms with Crippen LogP contribution < -0.4 is 16.9 Å². The molecular weight excluding hydrogens is 234 g/mol. The normalized spacial score (nSPS) is 12.5. The number of amidine groups is 1. The Balaban J connectivity index is 0. The van der Waals surface area contributed by atoms with Gasteiger partial charge in [-0.15, -0.1) is 5.10 Å². The molecule has 0 aliphatic carbocycles. The maximum atomic E-state index is 11.3. The first-order chi connectivity index (χ1) is 8.11. The maximum absolute atomic E-state index is 11.3. The lowest BCUT2D eigenvalue weighted by molar-refractivity contribution is 0.0529. The molecule has 0 atom stereocenters. The number of nitrogens with one attached hydrogen (secondary N) is 1. The topological polar surface area (TPSA) is 106 Å². The third-order valence-corrected chi connectivity index (χ3v) is 1.82. The lowest BCUT2D eigenvalue weighted by Gasteiger charge is -2.20. The van der Waals surface area contributed by atoms with Gasteiger partial charge in [0.05, 0.1) is 6.04 Å². The lowest BCUT2D eigenvalue weighted by atomic mass is 10.2. The minimum atomic E-state index is -0.505. The average Bonchev–Trinajstić information content (AvgIpc) is 2.14. The third-order valence-electron chi connectivity index (χ3n) is 1.82. The van der Waals surface area contributed by atoms with Crippen molar-refractivity contribution in [2.75, 3.05) is 6.54 Å². The molecule has 7 heteroatoms. The molecule has 5 N–H and O–H groups in total. The predicted molar refractivity (Wildman–Crippen MR) is 73.8 cm³/mol. The first-order valence-electron chi connectivity index (χ1n) is 5.95. The van der Waals surface area contributed by atoms with Crippen molar-refractivity contribution in [3.8, 4) is 0 Å². The fourth-order valence-corrected chi connectivity index (χ4v) is 0.921. The molecule has 0 aromatic heterocycles. The summed E-state index contributed by atoms with van der Waals surface area (Å²) in [5.41, 5.74) is 5.16. The number of hydrogen-bond donors (Lipinski definition) is 3. The van der Waals surface area contributed by atoms with Gasteiger partial charge in [0.15, 0.2) is 0 Å². The Kier molecular flexibility index (Phi) is 6.46. The van der Waals surface area contributed by atoms with Gasteiger partial charge in [-0.1, -0.05) is 0 Å². The molecule has 0 unspecified atom stereocenters. The number of amides is 1. The highest BCUT2D eigenvalue weighted by atomic mass is 16.6. The summed E-state index contributed by atoms with van der Waals surface area (Å²) in [4.78, 5) is 11.3.